The number of sulfone groups is 1. The molecule has 0 spiro atoms. The molecular formula is C14H15N3O3S. The number of pyridine rings is 1. The first-order chi connectivity index (χ1) is 9.88. The number of hydrogen-bond acceptors (Lipinski definition) is 5. The Morgan fingerprint density at radius 2 is 1.90 bits per heavy atom. The van der Waals surface area contributed by atoms with Crippen LogP contribution in [0.4, 0.5) is 5.82 Å². The second kappa shape index (κ2) is 5.92. The number of hydrogen-bond donors (Lipinski definition) is 2. The molecule has 110 valence electrons. The molecule has 0 atom stereocenters. The number of carbonyl (C=O) groups excluding carboxylic acids is 1. The molecule has 0 bridgehead atoms. The monoisotopic (exact) mass is 305 g/mol. The number of rotatable bonds is 5. The predicted octanol–water partition coefficient (Wildman–Crippen LogP) is 1.20. The zero-order chi connectivity index (χ0) is 15.5. The van der Waals surface area contributed by atoms with Crippen LogP contribution in [0.1, 0.15) is 15.9 Å². The summed E-state index contributed by atoms with van der Waals surface area (Å²) in [7, 11) is -3.20. The van der Waals surface area contributed by atoms with Gasteiger partial charge in [0, 0.05) is 19.0 Å². The Morgan fingerprint density at radius 3 is 2.48 bits per heavy atom. The Morgan fingerprint density at radius 1 is 1.24 bits per heavy atom. The zero-order valence-electron chi connectivity index (χ0n) is 11.4. The molecule has 0 aliphatic rings. The maximum Gasteiger partial charge on any atom is 0.252 e. The van der Waals surface area contributed by atoms with E-state index in [9.17, 15) is 13.2 Å². The molecule has 0 aliphatic heterocycles. The molecule has 2 aromatic rings. The molecule has 0 saturated heterocycles. The SMILES string of the molecule is CS(=O)(=O)c1ccc(CNc2ncccc2C(N)=O)cc1. The summed E-state index contributed by atoms with van der Waals surface area (Å²) >= 11 is 0. The number of aromatic nitrogens is 1. The highest BCUT2D eigenvalue weighted by molar-refractivity contribution is 7.90. The van der Waals surface area contributed by atoms with Crippen LogP contribution >= 0.6 is 0 Å². The molecule has 0 radical (unpaired) electrons. The minimum absolute atomic E-state index is 0.266. The summed E-state index contributed by atoms with van der Waals surface area (Å²) in [6.45, 7) is 0.404. The van der Waals surface area contributed by atoms with Crippen LogP contribution in [0.2, 0.25) is 0 Å². The lowest BCUT2D eigenvalue weighted by Crippen LogP contribution is -2.15. The molecule has 6 nitrogen and oxygen atoms in total. The average molecular weight is 305 g/mol. The van der Waals surface area contributed by atoms with Gasteiger partial charge in [0.2, 0.25) is 0 Å². The highest BCUT2D eigenvalue weighted by Gasteiger charge is 2.09. The molecule has 1 aromatic heterocycles. The highest BCUT2D eigenvalue weighted by Crippen LogP contribution is 2.14. The molecular weight excluding hydrogens is 290 g/mol. The van der Waals surface area contributed by atoms with E-state index >= 15 is 0 Å². The van der Waals surface area contributed by atoms with E-state index in [1.54, 1.807) is 42.6 Å². The van der Waals surface area contributed by atoms with E-state index in [1.165, 1.54) is 0 Å². The molecule has 21 heavy (non-hydrogen) atoms. The minimum atomic E-state index is -3.20. The van der Waals surface area contributed by atoms with Crippen LogP contribution in [0.3, 0.4) is 0 Å². The van der Waals surface area contributed by atoms with Gasteiger partial charge < -0.3 is 11.1 Å². The Bertz CT molecular complexity index is 755. The van der Waals surface area contributed by atoms with Gasteiger partial charge in [0.05, 0.1) is 10.5 Å². The number of nitrogens with one attached hydrogen (secondary N) is 1. The van der Waals surface area contributed by atoms with Crippen molar-refractivity contribution >= 4 is 21.6 Å². The van der Waals surface area contributed by atoms with Crippen molar-refractivity contribution in [3.05, 3.63) is 53.7 Å². The normalized spacial score (nSPS) is 11.1. The van der Waals surface area contributed by atoms with Crippen molar-refractivity contribution in [2.45, 2.75) is 11.4 Å². The topological polar surface area (TPSA) is 102 Å². The minimum Gasteiger partial charge on any atom is -0.365 e. The van der Waals surface area contributed by atoms with Crippen molar-refractivity contribution in [3.8, 4) is 0 Å². The van der Waals surface area contributed by atoms with Crippen LogP contribution < -0.4 is 11.1 Å². The molecule has 3 N–H and O–H groups in total. The zero-order valence-corrected chi connectivity index (χ0v) is 12.2. The van der Waals surface area contributed by atoms with Gasteiger partial charge in [0.15, 0.2) is 9.84 Å². The molecule has 1 amide bonds. The van der Waals surface area contributed by atoms with Crippen molar-refractivity contribution in [1.82, 2.24) is 4.98 Å². The summed E-state index contributed by atoms with van der Waals surface area (Å²) in [5.74, 6) is -0.157. The number of nitrogens with two attached hydrogens (primary N) is 1. The number of benzene rings is 1. The van der Waals surface area contributed by atoms with E-state index in [-0.39, 0.29) is 4.90 Å². The summed E-state index contributed by atoms with van der Waals surface area (Å²) in [6, 6.07) is 9.71. The fraction of sp³-hybridized carbons (Fsp3) is 0.143. The first-order valence-corrected chi connectivity index (χ1v) is 8.05. The highest BCUT2D eigenvalue weighted by atomic mass is 32.2. The summed E-state index contributed by atoms with van der Waals surface area (Å²) in [6.07, 6.45) is 2.72. The Labute approximate surface area is 122 Å². The van der Waals surface area contributed by atoms with Crippen LogP contribution in [-0.2, 0) is 16.4 Å². The largest absolute Gasteiger partial charge is 0.365 e. The van der Waals surface area contributed by atoms with Crippen LogP contribution in [0.15, 0.2) is 47.5 Å². The van der Waals surface area contributed by atoms with Gasteiger partial charge in [0.25, 0.3) is 5.91 Å². The predicted molar refractivity (Wildman–Crippen MR) is 79.6 cm³/mol. The van der Waals surface area contributed by atoms with E-state index in [0.717, 1.165) is 11.8 Å². The third kappa shape index (κ3) is 3.79. The van der Waals surface area contributed by atoms with Gasteiger partial charge >= 0.3 is 0 Å². The fourth-order valence-corrected chi connectivity index (χ4v) is 2.42. The maximum absolute atomic E-state index is 11.4. The number of carbonyl (C=O) groups is 1. The van der Waals surface area contributed by atoms with Gasteiger partial charge in [-0.05, 0) is 29.8 Å². The van der Waals surface area contributed by atoms with Crippen LogP contribution in [0.25, 0.3) is 0 Å². The van der Waals surface area contributed by atoms with Crippen molar-refractivity contribution in [1.29, 1.82) is 0 Å². The summed E-state index contributed by atoms with van der Waals surface area (Å²) in [5.41, 5.74) is 6.44. The molecule has 0 saturated carbocycles. The van der Waals surface area contributed by atoms with Gasteiger partial charge in [0.1, 0.15) is 5.82 Å². The quantitative estimate of drug-likeness (QED) is 0.864. The molecule has 1 aromatic carbocycles. The summed E-state index contributed by atoms with van der Waals surface area (Å²) < 4.78 is 22.7. The number of nitrogens with zero attached hydrogens (tertiary/aromatic N) is 1. The van der Waals surface area contributed by atoms with Crippen molar-refractivity contribution in [2.75, 3.05) is 11.6 Å². The second-order valence-electron chi connectivity index (χ2n) is 4.53. The van der Waals surface area contributed by atoms with Gasteiger partial charge in [-0.15, -0.1) is 0 Å². The number of amides is 1. The lowest BCUT2D eigenvalue weighted by molar-refractivity contribution is 0.100. The van der Waals surface area contributed by atoms with Crippen LogP contribution in [0.5, 0.6) is 0 Å². The first kappa shape index (κ1) is 15.0. The molecule has 0 fully saturated rings. The summed E-state index contributed by atoms with van der Waals surface area (Å²) in [5, 5.41) is 3.01. The molecule has 0 aliphatic carbocycles. The van der Waals surface area contributed by atoms with Crippen LogP contribution in [0, 0.1) is 0 Å². The van der Waals surface area contributed by atoms with E-state index < -0.39 is 15.7 Å². The lowest BCUT2D eigenvalue weighted by Gasteiger charge is -2.09. The van der Waals surface area contributed by atoms with E-state index in [2.05, 4.69) is 10.3 Å². The van der Waals surface area contributed by atoms with Crippen molar-refractivity contribution < 1.29 is 13.2 Å². The molecule has 0 unspecified atom stereocenters. The second-order valence-corrected chi connectivity index (χ2v) is 6.55. The van der Waals surface area contributed by atoms with Crippen LogP contribution in [-0.4, -0.2) is 25.6 Å². The van der Waals surface area contributed by atoms with Gasteiger partial charge in [-0.25, -0.2) is 13.4 Å². The lowest BCUT2D eigenvalue weighted by atomic mass is 10.2. The third-order valence-corrected chi connectivity index (χ3v) is 4.01. The Hall–Kier alpha value is -2.41. The van der Waals surface area contributed by atoms with E-state index in [0.29, 0.717) is 17.9 Å². The smallest absolute Gasteiger partial charge is 0.252 e. The standard InChI is InChI=1S/C14H15N3O3S/c1-21(19,20)11-6-4-10(5-7-11)9-17-14-12(13(15)18)3-2-8-16-14/h2-8H,9H2,1H3,(H2,15,18)(H,16,17). The summed E-state index contributed by atoms with van der Waals surface area (Å²) in [4.78, 5) is 15.6. The van der Waals surface area contributed by atoms with Crippen molar-refractivity contribution in [3.63, 3.8) is 0 Å². The molecule has 2 rings (SSSR count). The van der Waals surface area contributed by atoms with E-state index in [4.69, 9.17) is 5.73 Å². The Balaban J connectivity index is 2.12. The van der Waals surface area contributed by atoms with Gasteiger partial charge in [-0.3, -0.25) is 4.79 Å². The molecule has 7 heteroatoms. The fourth-order valence-electron chi connectivity index (χ4n) is 1.79. The van der Waals surface area contributed by atoms with E-state index in [1.807, 2.05) is 0 Å². The van der Waals surface area contributed by atoms with Gasteiger partial charge in [-0.1, -0.05) is 12.1 Å². The Kier molecular flexibility index (Phi) is 4.23. The van der Waals surface area contributed by atoms with Crippen molar-refractivity contribution in [2.24, 2.45) is 5.73 Å². The first-order valence-electron chi connectivity index (χ1n) is 6.15. The number of anilines is 1. The maximum atomic E-state index is 11.4. The average Bonchev–Trinajstić information content (AvgIpc) is 2.45. The molecule has 1 heterocycles. The third-order valence-electron chi connectivity index (χ3n) is 2.88. The number of primary amides is 1. The van der Waals surface area contributed by atoms with Gasteiger partial charge in [-0.2, -0.15) is 0 Å².